The molecule has 2 aliphatic heterocycles. The van der Waals surface area contributed by atoms with Crippen molar-refractivity contribution in [3.63, 3.8) is 0 Å². The van der Waals surface area contributed by atoms with Crippen LogP contribution in [0, 0.1) is 23.3 Å². The molecule has 0 atom stereocenters. The molecule has 16 rings (SSSR count). The van der Waals surface area contributed by atoms with E-state index >= 15 is 19.2 Å². The number of esters is 4. The van der Waals surface area contributed by atoms with Crippen LogP contribution in [0.3, 0.4) is 0 Å². The molecule has 0 spiro atoms. The SMILES string of the molecule is O=C1C(=Cc2cc3c(s2)-c2sc4c5c(sc4c2OC3(C(=O)OCc2ccccc2)C(=O)OCc2ccccc2)-c2sc(C=C3C(=O)c4cc6cc(F)c(F)cc6cc4C3=O)cc2C(C(=O)OCc2ccccc2)(C(=O)OCc2ccccc2)O5)C(=O)c2cc3cc(F)c(F)cc3cc21. The van der Waals surface area contributed by atoms with E-state index in [0.717, 1.165) is 69.6 Å². The van der Waals surface area contributed by atoms with Gasteiger partial charge in [0.05, 0.1) is 40.1 Å². The Kier molecular flexibility index (Phi) is 15.0. The molecule has 0 unspecified atom stereocenters. The molecule has 6 heterocycles. The molecule has 14 nitrogen and oxygen atoms in total. The molecule has 8 aromatic carbocycles. The van der Waals surface area contributed by atoms with Crippen molar-refractivity contribution in [2.75, 3.05) is 0 Å². The molecule has 0 saturated carbocycles. The van der Waals surface area contributed by atoms with Crippen LogP contribution >= 0.6 is 45.3 Å². The van der Waals surface area contributed by atoms with Crippen molar-refractivity contribution >= 4 is 135 Å². The fourth-order valence-electron chi connectivity index (χ4n) is 12.4. The zero-order valence-corrected chi connectivity index (χ0v) is 53.4. The monoisotopic (exact) mass is 1380 g/mol. The third-order valence-electron chi connectivity index (χ3n) is 17.2. The second-order valence-corrected chi connectivity index (χ2v) is 27.4. The molecule has 2 aliphatic carbocycles. The van der Waals surface area contributed by atoms with Crippen molar-refractivity contribution in [1.29, 1.82) is 0 Å². The van der Waals surface area contributed by atoms with Crippen LogP contribution in [-0.2, 0) is 75.8 Å². The van der Waals surface area contributed by atoms with Crippen LogP contribution in [0.5, 0.6) is 11.5 Å². The average Bonchev–Trinajstić information content (AvgIpc) is 1.51. The van der Waals surface area contributed by atoms with Gasteiger partial charge in [-0.15, -0.1) is 45.3 Å². The van der Waals surface area contributed by atoms with Gasteiger partial charge < -0.3 is 28.4 Å². The lowest BCUT2D eigenvalue weighted by atomic mass is 9.90. The Hall–Kier alpha value is -11.3. The summed E-state index contributed by atoms with van der Waals surface area (Å²) in [6.45, 7) is -1.48. The smallest absolute Gasteiger partial charge is 0.367 e. The number of ether oxygens (including phenoxy) is 6. The highest BCUT2D eigenvalue weighted by Gasteiger charge is 2.62. The summed E-state index contributed by atoms with van der Waals surface area (Å²) >= 11 is 3.93. The van der Waals surface area contributed by atoms with Crippen molar-refractivity contribution in [1.82, 2.24) is 0 Å². The summed E-state index contributed by atoms with van der Waals surface area (Å²) in [4.78, 5) is 121. The molecule has 0 N–H and O–H groups in total. The molecule has 0 fully saturated rings. The zero-order valence-electron chi connectivity index (χ0n) is 50.2. The number of allylic oxidation sites excluding steroid dienone is 2. The highest BCUT2D eigenvalue weighted by molar-refractivity contribution is 7.35. The second-order valence-electron chi connectivity index (χ2n) is 23.2. The highest BCUT2D eigenvalue weighted by Crippen LogP contribution is 2.65. The van der Waals surface area contributed by atoms with Crippen LogP contribution in [0.25, 0.3) is 62.6 Å². The van der Waals surface area contributed by atoms with Gasteiger partial charge in [-0.25, -0.2) is 36.7 Å². The number of rotatable bonds is 14. The third-order valence-corrected chi connectivity index (χ3v) is 22.1. The summed E-state index contributed by atoms with van der Waals surface area (Å²) < 4.78 is 96.9. The third kappa shape index (κ3) is 10.1. The molecular formula is C76H40F4O14S4. The van der Waals surface area contributed by atoms with Crippen molar-refractivity contribution in [3.8, 4) is 31.0 Å². The van der Waals surface area contributed by atoms with Gasteiger partial charge in [-0.3, -0.25) is 19.2 Å². The summed E-state index contributed by atoms with van der Waals surface area (Å²) in [5, 5.41) is 0.647. The molecule has 98 heavy (non-hydrogen) atoms. The van der Waals surface area contributed by atoms with Crippen molar-refractivity contribution in [2.45, 2.75) is 37.6 Å². The van der Waals surface area contributed by atoms with Gasteiger partial charge in [0.25, 0.3) is 0 Å². The fourth-order valence-corrected chi connectivity index (χ4v) is 17.5. The van der Waals surface area contributed by atoms with E-state index in [2.05, 4.69) is 0 Å². The molecule has 0 bridgehead atoms. The van der Waals surface area contributed by atoms with Gasteiger partial charge in [0, 0.05) is 43.1 Å². The summed E-state index contributed by atoms with van der Waals surface area (Å²) in [5.74, 6) is -12.8. The Balaban J connectivity index is 0.888. The average molecular weight is 1380 g/mol. The molecule has 22 heteroatoms. The van der Waals surface area contributed by atoms with E-state index in [1.807, 2.05) is 0 Å². The van der Waals surface area contributed by atoms with Gasteiger partial charge in [-0.05, 0) is 117 Å². The van der Waals surface area contributed by atoms with Gasteiger partial charge in [0.1, 0.15) is 26.4 Å². The van der Waals surface area contributed by atoms with E-state index in [0.29, 0.717) is 22.3 Å². The highest BCUT2D eigenvalue weighted by atomic mass is 32.1. The Labute approximate surface area is 566 Å². The lowest BCUT2D eigenvalue weighted by molar-refractivity contribution is -0.185. The van der Waals surface area contributed by atoms with Crippen LogP contribution in [0.2, 0.25) is 0 Å². The number of thiophene rings is 4. The molecule has 4 aromatic heterocycles. The summed E-state index contributed by atoms with van der Waals surface area (Å²) in [6, 6.07) is 46.1. The number of halogens is 4. The lowest BCUT2D eigenvalue weighted by Gasteiger charge is -2.33. The van der Waals surface area contributed by atoms with E-state index in [1.54, 1.807) is 121 Å². The first-order valence-electron chi connectivity index (χ1n) is 30.0. The van der Waals surface area contributed by atoms with E-state index in [-0.39, 0.29) is 143 Å². The first-order chi connectivity index (χ1) is 47.4. The number of carbonyl (C=O) groups is 8. The lowest BCUT2D eigenvalue weighted by Crippen LogP contribution is -2.52. The Bertz CT molecular complexity index is 5000. The molecule has 4 aliphatic rings. The molecule has 12 aromatic rings. The van der Waals surface area contributed by atoms with Gasteiger partial charge in [0.15, 0.2) is 57.9 Å². The fraction of sp³-hybridized carbons (Fsp3) is 0.0789. The number of ketones is 4. The molecule has 0 radical (unpaired) electrons. The molecule has 0 amide bonds. The Morgan fingerprint density at radius 1 is 0.357 bits per heavy atom. The van der Waals surface area contributed by atoms with Crippen molar-refractivity contribution in [2.24, 2.45) is 0 Å². The largest absolute Gasteiger partial charge is 0.457 e. The maximum absolute atomic E-state index is 15.6. The molecular weight excluding hydrogens is 1340 g/mol. The van der Waals surface area contributed by atoms with E-state index < -0.39 is 81.5 Å². The van der Waals surface area contributed by atoms with Crippen LogP contribution in [-0.4, -0.2) is 47.0 Å². The summed E-state index contributed by atoms with van der Waals surface area (Å²) in [5.41, 5.74) is -4.81. The van der Waals surface area contributed by atoms with Gasteiger partial charge >= 0.3 is 35.1 Å². The predicted octanol–water partition coefficient (Wildman–Crippen LogP) is 16.4. The van der Waals surface area contributed by atoms with Gasteiger partial charge in [0.2, 0.25) is 0 Å². The van der Waals surface area contributed by atoms with Gasteiger partial charge in [-0.1, -0.05) is 121 Å². The zero-order chi connectivity index (χ0) is 67.5. The number of carbonyl (C=O) groups excluding carboxylic acids is 8. The quantitative estimate of drug-likeness (QED) is 0.0249. The number of benzene rings is 8. The number of hydrogen-bond acceptors (Lipinski definition) is 18. The Morgan fingerprint density at radius 3 is 0.888 bits per heavy atom. The van der Waals surface area contributed by atoms with E-state index in [9.17, 15) is 36.7 Å². The standard InChI is InChI=1S/C76H40F4O14S4/c77-55-25-41-21-47-48(22-42(41)26-56(55)78)60(82)51(59(47)81)29-45-31-53-65(95-45)67-63(93-75(53,71(85)89-33-37-13-5-1-6-14-37)72(86)90-34-38-15-7-2-8-16-38)69-70(97-67)64-68(98-69)66-54(32-46(96-66)30-52-61(83)49-23-43-27-57(79)58(80)28-44(43)24-50(49)62(52)84)76(94-64,73(87)91-35-39-17-9-3-10-18-39)74(88)92-36-40-19-11-4-12-20-40/h1-32H,33-36H2. The van der Waals surface area contributed by atoms with Gasteiger partial charge in [-0.2, -0.15) is 0 Å². The molecule has 0 saturated heterocycles. The minimum absolute atomic E-state index is 0.0718. The predicted molar refractivity (Wildman–Crippen MR) is 357 cm³/mol. The number of hydrogen-bond donors (Lipinski definition) is 0. The normalized spacial score (nSPS) is 14.4. The van der Waals surface area contributed by atoms with E-state index in [1.165, 1.54) is 48.6 Å². The first kappa shape index (κ1) is 61.6. The maximum atomic E-state index is 15.6. The summed E-state index contributed by atoms with van der Waals surface area (Å²) in [6.07, 6.45) is 2.57. The Morgan fingerprint density at radius 2 is 0.622 bits per heavy atom. The number of Topliss-reactive ketones (excluding diaryl/α,β-unsaturated/α-hetero) is 4. The van der Waals surface area contributed by atoms with Crippen molar-refractivity contribution in [3.05, 3.63) is 282 Å². The summed E-state index contributed by atoms with van der Waals surface area (Å²) in [7, 11) is 0. The van der Waals surface area contributed by atoms with E-state index in [4.69, 9.17) is 28.4 Å². The molecule has 480 valence electrons. The first-order valence-corrected chi connectivity index (χ1v) is 33.3. The van der Waals surface area contributed by atoms with Crippen LogP contribution in [0.1, 0.15) is 84.6 Å². The minimum Gasteiger partial charge on any atom is -0.457 e. The van der Waals surface area contributed by atoms with Crippen molar-refractivity contribution < 1.29 is 84.3 Å². The second kappa shape index (κ2) is 23.8. The minimum atomic E-state index is -2.84. The topological polar surface area (TPSA) is 192 Å². The number of fused-ring (bicyclic) bond motifs is 13. The van der Waals surface area contributed by atoms with Crippen LogP contribution in [0.4, 0.5) is 17.6 Å². The van der Waals surface area contributed by atoms with Crippen LogP contribution < -0.4 is 9.47 Å². The van der Waals surface area contributed by atoms with Crippen LogP contribution in [0.15, 0.2) is 193 Å². The maximum Gasteiger partial charge on any atom is 0.367 e.